The van der Waals surface area contributed by atoms with E-state index in [1.807, 2.05) is 11.3 Å². The molecule has 0 fully saturated rings. The lowest BCUT2D eigenvalue weighted by Crippen LogP contribution is -2.43. The summed E-state index contributed by atoms with van der Waals surface area (Å²) in [5.41, 5.74) is 22.1. The van der Waals surface area contributed by atoms with Gasteiger partial charge in [-0.05, 0) is 113 Å². The molecule has 16 rings (SSSR count). The van der Waals surface area contributed by atoms with Gasteiger partial charge in [-0.1, -0.05) is 231 Å². The molecule has 3 aliphatic rings. The van der Waals surface area contributed by atoms with Crippen molar-refractivity contribution in [3.8, 4) is 67.3 Å². The number of hydrogen-bond donors (Lipinski definition) is 0. The Morgan fingerprint density at radius 2 is 0.808 bits per heavy atom. The van der Waals surface area contributed by atoms with Gasteiger partial charge in [-0.25, -0.2) is 9.97 Å². The molecule has 0 saturated carbocycles. The van der Waals surface area contributed by atoms with E-state index in [1.54, 1.807) is 0 Å². The number of nitrogens with zero attached hydrogens (tertiary/aromatic N) is 2. The molecular weight excluding hydrogens is 901 g/mol. The fourth-order valence-electron chi connectivity index (χ4n) is 13.4. The first-order valence-corrected chi connectivity index (χ1v) is 26.0. The summed E-state index contributed by atoms with van der Waals surface area (Å²) in [7, 11) is 0. The van der Waals surface area contributed by atoms with E-state index in [2.05, 4.69) is 255 Å². The van der Waals surface area contributed by atoms with E-state index in [1.165, 1.54) is 103 Å². The molecule has 0 aliphatic heterocycles. The number of aromatic nitrogens is 2. The van der Waals surface area contributed by atoms with Crippen molar-refractivity contribution in [1.29, 1.82) is 0 Å². The summed E-state index contributed by atoms with van der Waals surface area (Å²) in [5.74, 6) is 0.700. The lowest BCUT2D eigenvalue weighted by molar-refractivity contribution is 0.636. The van der Waals surface area contributed by atoms with Gasteiger partial charge in [0.1, 0.15) is 0 Å². The molecule has 338 valence electrons. The van der Waals surface area contributed by atoms with Crippen LogP contribution in [0.3, 0.4) is 0 Å². The smallest absolute Gasteiger partial charge is 0.160 e. The van der Waals surface area contributed by atoms with Crippen molar-refractivity contribution in [2.45, 2.75) is 10.8 Å². The summed E-state index contributed by atoms with van der Waals surface area (Å²) in [5, 5.41) is 5.02. The molecule has 0 radical (unpaired) electrons. The van der Waals surface area contributed by atoms with Gasteiger partial charge in [-0.15, -0.1) is 11.3 Å². The highest BCUT2D eigenvalue weighted by Gasteiger charge is 2.59. The SMILES string of the molecule is c1ccc(-c2cc(-c3ccc4ccccc4c3)nc(-c3ccc(-c4ccc5c(c4)C4(c6ccccc6C6(c7ccccc7-c7ccccc76)c6ccccc64)c4c-5ccc5c4sc4ccccc45)cc3)n2)cc1. The van der Waals surface area contributed by atoms with E-state index in [0.29, 0.717) is 5.82 Å². The third-order valence-electron chi connectivity index (χ3n) is 16.4. The standard InChI is InChI=1S/C70H42N2S/c1-2-17-45(18-3-1)63-42-64(49-35-32-43-16-4-5-19-47(43)40-49)72-68(71-63)46-33-30-44(31-34-46)48-36-37-52-54-38-39-55-53-22-8-15-29-65(53)73-67(55)66(54)70(62(52)41-48)60-27-13-11-25-58(60)69(59-26-12-14-28-61(59)70)56-23-9-6-20-50(56)51-21-7-10-24-57(51)69/h1-42H. The van der Waals surface area contributed by atoms with Gasteiger partial charge in [0.2, 0.25) is 0 Å². The minimum atomic E-state index is -0.628. The average molecular weight is 943 g/mol. The Morgan fingerprint density at radius 3 is 1.52 bits per heavy atom. The maximum atomic E-state index is 5.27. The summed E-state index contributed by atoms with van der Waals surface area (Å²) >= 11 is 1.94. The quantitative estimate of drug-likeness (QED) is 0.176. The first kappa shape index (κ1) is 40.7. The van der Waals surface area contributed by atoms with Gasteiger partial charge < -0.3 is 0 Å². The zero-order chi connectivity index (χ0) is 47.8. The lowest BCUT2D eigenvalue weighted by Gasteiger charge is -2.49. The first-order chi connectivity index (χ1) is 36.2. The van der Waals surface area contributed by atoms with E-state index in [-0.39, 0.29) is 0 Å². The minimum Gasteiger partial charge on any atom is -0.228 e. The lowest BCUT2D eigenvalue weighted by atomic mass is 9.52. The van der Waals surface area contributed by atoms with Crippen molar-refractivity contribution in [2.75, 3.05) is 0 Å². The van der Waals surface area contributed by atoms with Gasteiger partial charge in [0.05, 0.1) is 22.2 Å². The van der Waals surface area contributed by atoms with Crippen LogP contribution >= 0.6 is 11.3 Å². The largest absolute Gasteiger partial charge is 0.228 e. The van der Waals surface area contributed by atoms with Crippen LogP contribution in [0.5, 0.6) is 0 Å². The summed E-state index contributed by atoms with van der Waals surface area (Å²) in [6.07, 6.45) is 0. The molecule has 0 unspecified atom stereocenters. The molecule has 2 spiro atoms. The third kappa shape index (κ3) is 5.52. The van der Waals surface area contributed by atoms with Crippen LogP contribution in [-0.2, 0) is 10.8 Å². The van der Waals surface area contributed by atoms with Crippen LogP contribution < -0.4 is 0 Å². The Hall–Kier alpha value is -9.02. The molecule has 0 N–H and O–H groups in total. The van der Waals surface area contributed by atoms with Crippen LogP contribution in [0, 0.1) is 0 Å². The normalized spacial score (nSPS) is 14.0. The molecule has 2 heterocycles. The van der Waals surface area contributed by atoms with E-state index in [4.69, 9.17) is 9.97 Å². The van der Waals surface area contributed by atoms with Crippen LogP contribution in [-0.4, -0.2) is 9.97 Å². The average Bonchev–Trinajstić information content (AvgIpc) is 4.10. The molecule has 2 aromatic heterocycles. The van der Waals surface area contributed by atoms with Crippen LogP contribution in [0.2, 0.25) is 0 Å². The highest BCUT2D eigenvalue weighted by Crippen LogP contribution is 2.69. The molecule has 0 saturated heterocycles. The summed E-state index contributed by atoms with van der Waals surface area (Å²) in [6.45, 7) is 0. The monoisotopic (exact) mass is 942 g/mol. The molecule has 2 nitrogen and oxygen atoms in total. The van der Waals surface area contributed by atoms with Gasteiger partial charge in [0, 0.05) is 36.9 Å². The van der Waals surface area contributed by atoms with Crippen molar-refractivity contribution in [3.63, 3.8) is 0 Å². The molecular formula is C70H42N2S. The summed E-state index contributed by atoms with van der Waals surface area (Å²) < 4.78 is 2.67. The van der Waals surface area contributed by atoms with Crippen LogP contribution in [0.15, 0.2) is 255 Å². The van der Waals surface area contributed by atoms with E-state index in [0.717, 1.165) is 33.6 Å². The second kappa shape index (κ2) is 15.2. The van der Waals surface area contributed by atoms with E-state index < -0.39 is 10.8 Å². The molecule has 3 heteroatoms. The topological polar surface area (TPSA) is 25.8 Å². The maximum Gasteiger partial charge on any atom is 0.160 e. The van der Waals surface area contributed by atoms with E-state index in [9.17, 15) is 0 Å². The third-order valence-corrected chi connectivity index (χ3v) is 17.6. The molecule has 0 atom stereocenters. The van der Waals surface area contributed by atoms with Crippen LogP contribution in [0.25, 0.3) is 98.2 Å². The predicted octanol–water partition coefficient (Wildman–Crippen LogP) is 17.7. The highest BCUT2D eigenvalue weighted by molar-refractivity contribution is 7.26. The van der Waals surface area contributed by atoms with Crippen molar-refractivity contribution in [3.05, 3.63) is 299 Å². The highest BCUT2D eigenvalue weighted by atomic mass is 32.1. The second-order valence-corrected chi connectivity index (χ2v) is 20.9. The molecule has 73 heavy (non-hydrogen) atoms. The fourth-order valence-corrected chi connectivity index (χ4v) is 14.7. The zero-order valence-electron chi connectivity index (χ0n) is 39.6. The van der Waals surface area contributed by atoms with Gasteiger partial charge in [-0.2, -0.15) is 0 Å². The Balaban J connectivity index is 0.914. The van der Waals surface area contributed by atoms with Crippen LogP contribution in [0.4, 0.5) is 0 Å². The zero-order valence-corrected chi connectivity index (χ0v) is 40.4. The molecule has 11 aromatic carbocycles. The molecule has 0 amide bonds. The maximum absolute atomic E-state index is 5.27. The van der Waals surface area contributed by atoms with Crippen molar-refractivity contribution in [2.24, 2.45) is 0 Å². The molecule has 0 bridgehead atoms. The number of hydrogen-bond acceptors (Lipinski definition) is 3. The number of fused-ring (bicyclic) bond motifs is 21. The second-order valence-electron chi connectivity index (χ2n) is 19.9. The molecule has 13 aromatic rings. The number of benzene rings is 11. The predicted molar refractivity (Wildman–Crippen MR) is 302 cm³/mol. The number of rotatable bonds is 4. The summed E-state index contributed by atoms with van der Waals surface area (Å²) in [6, 6.07) is 94.8. The van der Waals surface area contributed by atoms with Gasteiger partial charge >= 0.3 is 0 Å². The van der Waals surface area contributed by atoms with Gasteiger partial charge in [0.15, 0.2) is 5.82 Å². The van der Waals surface area contributed by atoms with Gasteiger partial charge in [0.25, 0.3) is 0 Å². The number of thiophene rings is 1. The van der Waals surface area contributed by atoms with Crippen molar-refractivity contribution >= 4 is 42.3 Å². The van der Waals surface area contributed by atoms with E-state index >= 15 is 0 Å². The van der Waals surface area contributed by atoms with Crippen molar-refractivity contribution < 1.29 is 0 Å². The Morgan fingerprint density at radius 1 is 0.288 bits per heavy atom. The Kier molecular flexibility index (Phi) is 8.50. The summed E-state index contributed by atoms with van der Waals surface area (Å²) in [4.78, 5) is 10.5. The molecule has 3 aliphatic carbocycles. The Bertz CT molecular complexity index is 4350. The van der Waals surface area contributed by atoms with Gasteiger partial charge in [-0.3, -0.25) is 0 Å². The van der Waals surface area contributed by atoms with Crippen molar-refractivity contribution in [1.82, 2.24) is 9.97 Å². The minimum absolute atomic E-state index is 0.510. The van der Waals surface area contributed by atoms with Crippen LogP contribution in [0.1, 0.15) is 44.5 Å². The fraction of sp³-hybridized carbons (Fsp3) is 0.0286. The Labute approximate surface area is 427 Å². The first-order valence-electron chi connectivity index (χ1n) is 25.2.